The maximum Gasteiger partial charge on any atom is 0.262 e. The summed E-state index contributed by atoms with van der Waals surface area (Å²) >= 11 is 5.79. The van der Waals surface area contributed by atoms with E-state index in [1.165, 1.54) is 17.2 Å². The molecule has 0 bridgehead atoms. The molecule has 0 aliphatic heterocycles. The minimum Gasteiger partial charge on any atom is -0.495 e. The van der Waals surface area contributed by atoms with Crippen LogP contribution in [0.3, 0.4) is 0 Å². The lowest BCUT2D eigenvalue weighted by Crippen LogP contribution is -2.26. The molecule has 1 amide bonds. The van der Waals surface area contributed by atoms with Crippen LogP contribution in [-0.4, -0.2) is 20.1 Å². The van der Waals surface area contributed by atoms with Crippen LogP contribution in [0.5, 0.6) is 5.75 Å². The van der Waals surface area contributed by atoms with E-state index in [9.17, 15) is 4.79 Å². The van der Waals surface area contributed by atoms with Crippen molar-refractivity contribution in [3.05, 3.63) is 47.4 Å². The lowest BCUT2D eigenvalue weighted by atomic mass is 10.2. The second kappa shape index (κ2) is 5.14. The number of hydrogen-bond donors (Lipinski definition) is 0. The summed E-state index contributed by atoms with van der Waals surface area (Å²) < 4.78 is 10.1. The fourth-order valence-electron chi connectivity index (χ4n) is 1.64. The monoisotopic (exact) mass is 265 g/mol. The molecule has 0 atom stereocenters. The van der Waals surface area contributed by atoms with Crippen molar-refractivity contribution in [3.8, 4) is 5.75 Å². The number of furan rings is 1. The third-order valence-corrected chi connectivity index (χ3v) is 2.89. The summed E-state index contributed by atoms with van der Waals surface area (Å²) in [6, 6.07) is 8.79. The number of nitrogens with zero attached hydrogens (tertiary/aromatic N) is 1. The highest BCUT2D eigenvalue weighted by Gasteiger charge is 2.20. The van der Waals surface area contributed by atoms with Gasteiger partial charge < -0.3 is 14.1 Å². The van der Waals surface area contributed by atoms with E-state index < -0.39 is 0 Å². The molecule has 18 heavy (non-hydrogen) atoms. The fourth-order valence-corrected chi connectivity index (χ4v) is 1.84. The number of anilines is 1. The molecular formula is C13H12ClNO3. The van der Waals surface area contributed by atoms with Crippen molar-refractivity contribution >= 4 is 23.2 Å². The Morgan fingerprint density at radius 3 is 2.67 bits per heavy atom. The molecule has 2 aromatic rings. The SMILES string of the molecule is COc1ccccc1N(C)C(=O)c1ccoc1Cl. The quantitative estimate of drug-likeness (QED) is 0.856. The van der Waals surface area contributed by atoms with E-state index in [-0.39, 0.29) is 11.1 Å². The van der Waals surface area contributed by atoms with Crippen LogP contribution >= 0.6 is 11.6 Å². The molecule has 1 aromatic heterocycles. The Bertz CT molecular complexity index is 565. The summed E-state index contributed by atoms with van der Waals surface area (Å²) in [4.78, 5) is 13.7. The lowest BCUT2D eigenvalue weighted by Gasteiger charge is -2.19. The Labute approximate surface area is 110 Å². The van der Waals surface area contributed by atoms with Crippen LogP contribution in [-0.2, 0) is 0 Å². The number of carbonyl (C=O) groups is 1. The first kappa shape index (κ1) is 12.5. The first-order valence-electron chi connectivity index (χ1n) is 5.29. The molecule has 1 aromatic carbocycles. The van der Waals surface area contributed by atoms with Gasteiger partial charge in [0.2, 0.25) is 5.22 Å². The molecule has 0 fully saturated rings. The second-order valence-corrected chi connectivity index (χ2v) is 3.99. The van der Waals surface area contributed by atoms with Crippen LogP contribution in [0.1, 0.15) is 10.4 Å². The van der Waals surface area contributed by atoms with E-state index in [2.05, 4.69) is 0 Å². The third kappa shape index (κ3) is 2.19. The van der Waals surface area contributed by atoms with Crippen LogP contribution in [0, 0.1) is 0 Å². The average molecular weight is 266 g/mol. The molecule has 0 saturated carbocycles. The van der Waals surface area contributed by atoms with Crippen LogP contribution < -0.4 is 9.64 Å². The van der Waals surface area contributed by atoms with E-state index in [1.54, 1.807) is 26.3 Å². The van der Waals surface area contributed by atoms with E-state index in [0.29, 0.717) is 17.0 Å². The highest BCUT2D eigenvalue weighted by atomic mass is 35.5. The van der Waals surface area contributed by atoms with Gasteiger partial charge >= 0.3 is 0 Å². The van der Waals surface area contributed by atoms with Gasteiger partial charge in [-0.1, -0.05) is 12.1 Å². The second-order valence-electron chi connectivity index (χ2n) is 3.64. The number of halogens is 1. The highest BCUT2D eigenvalue weighted by molar-refractivity contribution is 6.32. The minimum absolute atomic E-state index is 0.0850. The number of amides is 1. The van der Waals surface area contributed by atoms with Gasteiger partial charge in [0.25, 0.3) is 5.91 Å². The van der Waals surface area contributed by atoms with Crippen molar-refractivity contribution in [1.82, 2.24) is 0 Å². The molecular weight excluding hydrogens is 254 g/mol. The van der Waals surface area contributed by atoms with Crippen LogP contribution in [0.4, 0.5) is 5.69 Å². The molecule has 94 valence electrons. The number of methoxy groups -OCH3 is 1. The number of para-hydroxylation sites is 2. The standard InChI is InChI=1S/C13H12ClNO3/c1-15(10-5-3-4-6-11(10)17-2)13(16)9-7-8-18-12(9)14/h3-8H,1-2H3. The van der Waals surface area contributed by atoms with Crippen molar-refractivity contribution < 1.29 is 13.9 Å². The van der Waals surface area contributed by atoms with Crippen molar-refractivity contribution in [2.45, 2.75) is 0 Å². The topological polar surface area (TPSA) is 42.7 Å². The predicted molar refractivity (Wildman–Crippen MR) is 69.4 cm³/mol. The molecule has 5 heteroatoms. The van der Waals surface area contributed by atoms with E-state index in [4.69, 9.17) is 20.8 Å². The summed E-state index contributed by atoms with van der Waals surface area (Å²) in [5.41, 5.74) is 0.993. The van der Waals surface area contributed by atoms with Gasteiger partial charge in [-0.3, -0.25) is 4.79 Å². The Morgan fingerprint density at radius 2 is 2.06 bits per heavy atom. The van der Waals surface area contributed by atoms with Crippen molar-refractivity contribution in [2.75, 3.05) is 19.1 Å². The Morgan fingerprint density at radius 1 is 1.33 bits per heavy atom. The van der Waals surface area contributed by atoms with Gasteiger partial charge in [0.15, 0.2) is 0 Å². The summed E-state index contributed by atoms with van der Waals surface area (Å²) in [5, 5.41) is 0.0850. The largest absolute Gasteiger partial charge is 0.495 e. The molecule has 0 aliphatic rings. The molecule has 0 saturated heterocycles. The average Bonchev–Trinajstić information content (AvgIpc) is 2.83. The van der Waals surface area contributed by atoms with Gasteiger partial charge in [-0.15, -0.1) is 0 Å². The summed E-state index contributed by atoms with van der Waals surface area (Å²) in [6.07, 6.45) is 1.38. The van der Waals surface area contributed by atoms with Gasteiger partial charge in [-0.25, -0.2) is 0 Å². The van der Waals surface area contributed by atoms with Gasteiger partial charge in [0.05, 0.1) is 24.6 Å². The number of rotatable bonds is 3. The molecule has 4 nitrogen and oxygen atoms in total. The number of benzene rings is 1. The van der Waals surface area contributed by atoms with Gasteiger partial charge in [-0.05, 0) is 29.8 Å². The normalized spacial score (nSPS) is 10.2. The maximum atomic E-state index is 12.2. The lowest BCUT2D eigenvalue weighted by molar-refractivity contribution is 0.0992. The Kier molecular flexibility index (Phi) is 3.58. The van der Waals surface area contributed by atoms with Crippen molar-refractivity contribution in [3.63, 3.8) is 0 Å². The molecule has 0 aliphatic carbocycles. The van der Waals surface area contributed by atoms with Crippen molar-refractivity contribution in [1.29, 1.82) is 0 Å². The van der Waals surface area contributed by atoms with E-state index in [0.717, 1.165) is 0 Å². The van der Waals surface area contributed by atoms with Crippen LogP contribution in [0.25, 0.3) is 0 Å². The zero-order valence-electron chi connectivity index (χ0n) is 10.0. The summed E-state index contributed by atoms with van der Waals surface area (Å²) in [7, 11) is 3.21. The number of ether oxygens (including phenoxy) is 1. The zero-order valence-corrected chi connectivity index (χ0v) is 10.8. The molecule has 0 spiro atoms. The van der Waals surface area contributed by atoms with E-state index >= 15 is 0 Å². The number of carbonyl (C=O) groups excluding carboxylic acids is 1. The fraction of sp³-hybridized carbons (Fsp3) is 0.154. The smallest absolute Gasteiger partial charge is 0.262 e. The van der Waals surface area contributed by atoms with Crippen LogP contribution in [0.2, 0.25) is 5.22 Å². The maximum absolute atomic E-state index is 12.2. The van der Waals surface area contributed by atoms with Crippen LogP contribution in [0.15, 0.2) is 41.0 Å². The number of hydrogen-bond acceptors (Lipinski definition) is 3. The summed E-state index contributed by atoms with van der Waals surface area (Å²) in [5.74, 6) is 0.367. The van der Waals surface area contributed by atoms with Crippen molar-refractivity contribution in [2.24, 2.45) is 0 Å². The highest BCUT2D eigenvalue weighted by Crippen LogP contribution is 2.29. The van der Waals surface area contributed by atoms with Gasteiger partial charge in [0.1, 0.15) is 5.75 Å². The molecule has 2 rings (SSSR count). The molecule has 0 radical (unpaired) electrons. The first-order chi connectivity index (χ1) is 8.65. The van der Waals surface area contributed by atoms with Gasteiger partial charge in [-0.2, -0.15) is 0 Å². The van der Waals surface area contributed by atoms with Gasteiger partial charge in [0, 0.05) is 7.05 Å². The predicted octanol–water partition coefficient (Wildman–Crippen LogP) is 3.22. The molecule has 0 unspecified atom stereocenters. The minimum atomic E-state index is -0.252. The molecule has 1 heterocycles. The zero-order chi connectivity index (χ0) is 13.1. The third-order valence-electron chi connectivity index (χ3n) is 2.60. The Hall–Kier alpha value is -1.94. The molecule has 0 N–H and O–H groups in total. The Balaban J connectivity index is 2.34. The first-order valence-corrected chi connectivity index (χ1v) is 5.67. The van der Waals surface area contributed by atoms with E-state index in [1.807, 2.05) is 12.1 Å². The summed E-state index contributed by atoms with van der Waals surface area (Å²) in [6.45, 7) is 0.